The Balaban J connectivity index is 2.08. The van der Waals surface area contributed by atoms with E-state index < -0.39 is 11.7 Å². The van der Waals surface area contributed by atoms with Gasteiger partial charge in [-0.15, -0.1) is 0 Å². The third-order valence-corrected chi connectivity index (χ3v) is 3.32. The van der Waals surface area contributed by atoms with Crippen LogP contribution in [0.5, 0.6) is 5.75 Å². The molecular weight excluding hydrogens is 282 g/mol. The second kappa shape index (κ2) is 6.36. The molecule has 6 nitrogen and oxygen atoms in total. The molecule has 2 rings (SSSR count). The van der Waals surface area contributed by atoms with Crippen LogP contribution in [0, 0.1) is 5.41 Å². The summed E-state index contributed by atoms with van der Waals surface area (Å²) in [5.41, 5.74) is 6.68. The van der Waals surface area contributed by atoms with E-state index in [0.717, 1.165) is 17.7 Å². The maximum atomic E-state index is 11.7. The molecule has 0 saturated carbocycles. The van der Waals surface area contributed by atoms with Crippen LogP contribution in [0.1, 0.15) is 44.2 Å². The summed E-state index contributed by atoms with van der Waals surface area (Å²) in [6, 6.07) is 5.46. The zero-order chi connectivity index (χ0) is 16.3. The summed E-state index contributed by atoms with van der Waals surface area (Å²) < 4.78 is 10.8. The first-order valence-corrected chi connectivity index (χ1v) is 7.36. The van der Waals surface area contributed by atoms with Gasteiger partial charge in [0.05, 0.1) is 6.61 Å². The van der Waals surface area contributed by atoms with E-state index in [9.17, 15) is 4.79 Å². The molecule has 0 spiro atoms. The van der Waals surface area contributed by atoms with Gasteiger partial charge in [0.1, 0.15) is 17.2 Å². The number of carbonyl (C=O) groups excluding carboxylic acids is 1. The summed E-state index contributed by atoms with van der Waals surface area (Å²) >= 11 is 0. The zero-order valence-corrected chi connectivity index (χ0v) is 13.2. The van der Waals surface area contributed by atoms with Gasteiger partial charge < -0.3 is 15.2 Å². The van der Waals surface area contributed by atoms with Gasteiger partial charge in [-0.3, -0.25) is 10.7 Å². The van der Waals surface area contributed by atoms with Crippen molar-refractivity contribution in [2.45, 2.75) is 38.7 Å². The molecule has 1 aliphatic rings. The molecule has 0 aromatic heterocycles. The summed E-state index contributed by atoms with van der Waals surface area (Å²) in [6.45, 7) is 6.54. The van der Waals surface area contributed by atoms with Crippen molar-refractivity contribution in [3.8, 4) is 5.75 Å². The molecule has 22 heavy (non-hydrogen) atoms. The SMILES string of the molecule is CC(C)(C)OC(=O)NC(=N)c1ccc2c(c1)C(CCN)CO2. The fourth-order valence-electron chi connectivity index (χ4n) is 2.35. The second-order valence-corrected chi connectivity index (χ2v) is 6.34. The second-order valence-electron chi connectivity index (χ2n) is 6.34. The molecule has 4 N–H and O–H groups in total. The normalized spacial score (nSPS) is 16.6. The molecule has 1 aromatic rings. The van der Waals surface area contributed by atoms with E-state index in [4.69, 9.17) is 20.6 Å². The third kappa shape index (κ3) is 3.98. The Morgan fingerprint density at radius 1 is 1.50 bits per heavy atom. The molecular formula is C16H23N3O3. The first-order valence-electron chi connectivity index (χ1n) is 7.36. The number of carbonyl (C=O) groups is 1. The number of amidine groups is 1. The molecule has 1 aliphatic heterocycles. The van der Waals surface area contributed by atoms with Crippen LogP contribution in [-0.4, -0.2) is 30.7 Å². The number of nitrogens with two attached hydrogens (primary N) is 1. The van der Waals surface area contributed by atoms with E-state index in [0.29, 0.717) is 18.7 Å². The predicted octanol–water partition coefficient (Wildman–Crippen LogP) is 2.36. The molecule has 0 radical (unpaired) electrons. The highest BCUT2D eigenvalue weighted by Gasteiger charge is 2.25. The monoisotopic (exact) mass is 305 g/mol. The van der Waals surface area contributed by atoms with Gasteiger partial charge in [0.15, 0.2) is 0 Å². The minimum Gasteiger partial charge on any atom is -0.493 e. The van der Waals surface area contributed by atoms with Gasteiger partial charge in [-0.1, -0.05) is 0 Å². The molecule has 0 fully saturated rings. The van der Waals surface area contributed by atoms with E-state index >= 15 is 0 Å². The minimum absolute atomic E-state index is 0.00967. The lowest BCUT2D eigenvalue weighted by atomic mass is 9.96. The Hall–Kier alpha value is -2.08. The number of nitrogens with one attached hydrogen (secondary N) is 2. The first kappa shape index (κ1) is 16.3. The fourth-order valence-corrected chi connectivity index (χ4v) is 2.35. The van der Waals surface area contributed by atoms with Gasteiger partial charge in [-0.05, 0) is 51.9 Å². The standard InChI is InChI=1S/C16H23N3O3/c1-16(2,3)22-15(20)19-14(18)10-4-5-13-12(8-10)11(6-7-17)9-21-13/h4-5,8,11H,6-7,9,17H2,1-3H3,(H2,18,19,20). The van der Waals surface area contributed by atoms with E-state index in [1.165, 1.54) is 0 Å². The van der Waals surface area contributed by atoms with Crippen LogP contribution in [0.2, 0.25) is 0 Å². The van der Waals surface area contributed by atoms with Gasteiger partial charge in [-0.25, -0.2) is 4.79 Å². The van der Waals surface area contributed by atoms with Gasteiger partial charge in [-0.2, -0.15) is 0 Å². The van der Waals surface area contributed by atoms with Crippen LogP contribution < -0.4 is 15.8 Å². The van der Waals surface area contributed by atoms with Gasteiger partial charge >= 0.3 is 6.09 Å². The Morgan fingerprint density at radius 3 is 2.86 bits per heavy atom. The fraction of sp³-hybridized carbons (Fsp3) is 0.500. The molecule has 1 aromatic carbocycles. The number of hydrogen-bond donors (Lipinski definition) is 3. The summed E-state index contributed by atoms with van der Waals surface area (Å²) in [6.07, 6.45) is 0.205. The van der Waals surface area contributed by atoms with Crippen molar-refractivity contribution >= 4 is 11.9 Å². The molecule has 120 valence electrons. The number of ether oxygens (including phenoxy) is 2. The van der Waals surface area contributed by atoms with Crippen LogP contribution in [-0.2, 0) is 4.74 Å². The Morgan fingerprint density at radius 2 is 2.23 bits per heavy atom. The smallest absolute Gasteiger partial charge is 0.413 e. The van der Waals surface area contributed by atoms with E-state index in [-0.39, 0.29) is 11.8 Å². The van der Waals surface area contributed by atoms with Crippen molar-refractivity contribution in [2.24, 2.45) is 5.73 Å². The van der Waals surface area contributed by atoms with Crippen LogP contribution in [0.25, 0.3) is 0 Å². The Bertz CT molecular complexity index is 576. The topological polar surface area (TPSA) is 97.4 Å². The van der Waals surface area contributed by atoms with Crippen molar-refractivity contribution in [1.29, 1.82) is 5.41 Å². The van der Waals surface area contributed by atoms with E-state index in [1.807, 2.05) is 12.1 Å². The largest absolute Gasteiger partial charge is 0.493 e. The van der Waals surface area contributed by atoms with Crippen LogP contribution in [0.3, 0.4) is 0 Å². The molecule has 1 atom stereocenters. The number of alkyl carbamates (subject to hydrolysis) is 1. The molecule has 0 aliphatic carbocycles. The number of rotatable bonds is 3. The molecule has 0 saturated heterocycles. The summed E-state index contributed by atoms with van der Waals surface area (Å²) in [4.78, 5) is 11.7. The number of fused-ring (bicyclic) bond motifs is 1. The first-order chi connectivity index (χ1) is 10.3. The van der Waals surface area contributed by atoms with Gasteiger partial charge in [0.25, 0.3) is 0 Å². The molecule has 1 amide bonds. The lowest BCUT2D eigenvalue weighted by Gasteiger charge is -2.20. The van der Waals surface area contributed by atoms with Crippen molar-refractivity contribution in [3.63, 3.8) is 0 Å². The van der Waals surface area contributed by atoms with Crippen molar-refractivity contribution in [1.82, 2.24) is 5.32 Å². The molecule has 1 heterocycles. The number of hydrogen-bond acceptors (Lipinski definition) is 5. The Kier molecular flexibility index (Phi) is 4.71. The van der Waals surface area contributed by atoms with Crippen molar-refractivity contribution in [3.05, 3.63) is 29.3 Å². The lowest BCUT2D eigenvalue weighted by molar-refractivity contribution is 0.0563. The maximum absolute atomic E-state index is 11.7. The van der Waals surface area contributed by atoms with Crippen LogP contribution >= 0.6 is 0 Å². The summed E-state index contributed by atoms with van der Waals surface area (Å²) in [7, 11) is 0. The highest BCUT2D eigenvalue weighted by Crippen LogP contribution is 2.36. The van der Waals surface area contributed by atoms with E-state index in [1.54, 1.807) is 26.8 Å². The van der Waals surface area contributed by atoms with Crippen molar-refractivity contribution < 1.29 is 14.3 Å². The highest BCUT2D eigenvalue weighted by molar-refractivity contribution is 6.04. The van der Waals surface area contributed by atoms with E-state index in [2.05, 4.69) is 5.32 Å². The zero-order valence-electron chi connectivity index (χ0n) is 13.2. The summed E-state index contributed by atoms with van der Waals surface area (Å²) in [5.74, 6) is 1.08. The molecule has 0 bridgehead atoms. The molecule has 1 unspecified atom stereocenters. The predicted molar refractivity (Wildman–Crippen MR) is 84.5 cm³/mol. The number of benzene rings is 1. The van der Waals surface area contributed by atoms with Gasteiger partial charge in [0, 0.05) is 17.0 Å². The Labute approximate surface area is 130 Å². The minimum atomic E-state index is -0.632. The average Bonchev–Trinajstić information content (AvgIpc) is 2.79. The molecule has 6 heteroatoms. The highest BCUT2D eigenvalue weighted by atomic mass is 16.6. The summed E-state index contributed by atoms with van der Waals surface area (Å²) in [5, 5.41) is 10.5. The quantitative estimate of drug-likeness (QED) is 0.590. The van der Waals surface area contributed by atoms with Crippen LogP contribution in [0.15, 0.2) is 18.2 Å². The maximum Gasteiger partial charge on any atom is 0.413 e. The van der Waals surface area contributed by atoms with Gasteiger partial charge in [0.2, 0.25) is 0 Å². The third-order valence-electron chi connectivity index (χ3n) is 3.32. The average molecular weight is 305 g/mol. The number of amides is 1. The van der Waals surface area contributed by atoms with Crippen LogP contribution in [0.4, 0.5) is 4.79 Å². The lowest BCUT2D eigenvalue weighted by Crippen LogP contribution is -2.36. The van der Waals surface area contributed by atoms with Crippen molar-refractivity contribution in [2.75, 3.05) is 13.2 Å².